The van der Waals surface area contributed by atoms with Crippen molar-refractivity contribution in [1.29, 1.82) is 0 Å². The molecule has 0 N–H and O–H groups in total. The van der Waals surface area contributed by atoms with Gasteiger partial charge in [0, 0.05) is 19.6 Å². The zero-order chi connectivity index (χ0) is 16.2. The molecule has 0 amide bonds. The van der Waals surface area contributed by atoms with Crippen molar-refractivity contribution >= 4 is 0 Å². The minimum Gasteiger partial charge on any atom is -0.384 e. The number of hydrogen-bond donors (Lipinski definition) is 0. The Morgan fingerprint density at radius 1 is 0.909 bits per heavy atom. The molecule has 0 radical (unpaired) electrons. The molecule has 3 unspecified atom stereocenters. The van der Waals surface area contributed by atoms with Crippen LogP contribution >= 0.6 is 0 Å². The Kier molecular flexibility index (Phi) is 6.76. The third-order valence-electron chi connectivity index (χ3n) is 6.83. The fourth-order valence-corrected chi connectivity index (χ4v) is 5.79. The van der Waals surface area contributed by atoms with Crippen LogP contribution in [0.1, 0.15) is 65.7 Å². The smallest absolute Gasteiger partial charge is 0.0546 e. The number of ether oxygens (including phenoxy) is 2. The largest absolute Gasteiger partial charge is 0.384 e. The van der Waals surface area contributed by atoms with Crippen LogP contribution in [-0.2, 0) is 9.47 Å². The zero-order valence-electron chi connectivity index (χ0n) is 15.6. The second-order valence-electron chi connectivity index (χ2n) is 8.55. The van der Waals surface area contributed by atoms with Gasteiger partial charge in [-0.2, -0.15) is 0 Å². The lowest BCUT2D eigenvalue weighted by atomic mass is 9.57. The second-order valence-corrected chi connectivity index (χ2v) is 8.55. The van der Waals surface area contributed by atoms with Crippen molar-refractivity contribution in [1.82, 2.24) is 0 Å². The highest BCUT2D eigenvalue weighted by Crippen LogP contribution is 2.51. The van der Waals surface area contributed by atoms with E-state index >= 15 is 0 Å². The molecule has 0 saturated heterocycles. The van der Waals surface area contributed by atoms with Crippen molar-refractivity contribution in [2.75, 3.05) is 27.4 Å². The van der Waals surface area contributed by atoms with Gasteiger partial charge in [0.15, 0.2) is 0 Å². The summed E-state index contributed by atoms with van der Waals surface area (Å²) in [5.41, 5.74) is 0.210. The van der Waals surface area contributed by atoms with Gasteiger partial charge >= 0.3 is 0 Å². The highest BCUT2D eigenvalue weighted by Gasteiger charge is 2.48. The van der Waals surface area contributed by atoms with Crippen LogP contribution in [0.2, 0.25) is 0 Å². The maximum Gasteiger partial charge on any atom is 0.0546 e. The Morgan fingerprint density at radius 3 is 1.86 bits per heavy atom. The van der Waals surface area contributed by atoms with Crippen molar-refractivity contribution in [3.8, 4) is 0 Å². The molecule has 22 heavy (non-hydrogen) atoms. The third kappa shape index (κ3) is 3.87. The van der Waals surface area contributed by atoms with Gasteiger partial charge in [-0.05, 0) is 48.9 Å². The summed E-state index contributed by atoms with van der Waals surface area (Å²) in [6.45, 7) is 9.10. The highest BCUT2D eigenvalue weighted by atomic mass is 16.5. The average molecular weight is 311 g/mol. The Bertz CT molecular complexity index is 306. The molecule has 0 spiro atoms. The molecule has 2 aliphatic carbocycles. The van der Waals surface area contributed by atoms with Crippen molar-refractivity contribution in [3.05, 3.63) is 0 Å². The molecular weight excluding hydrogens is 272 g/mol. The molecule has 0 aromatic heterocycles. The van der Waals surface area contributed by atoms with Gasteiger partial charge < -0.3 is 9.47 Å². The molecule has 0 bridgehead atoms. The molecule has 2 aliphatic rings. The molecule has 2 rings (SSSR count). The standard InChI is InChI=1S/C20H38O2/c1-15-10-16(2)12-19(11-15)20(13-21-4,14-22-5)17(3)18-8-6-7-9-18/h15-19H,6-14H2,1-5H3. The van der Waals surface area contributed by atoms with E-state index < -0.39 is 0 Å². The van der Waals surface area contributed by atoms with Gasteiger partial charge in [-0.3, -0.25) is 0 Å². The fourth-order valence-electron chi connectivity index (χ4n) is 5.79. The van der Waals surface area contributed by atoms with Crippen LogP contribution in [0, 0.1) is 35.0 Å². The van der Waals surface area contributed by atoms with Gasteiger partial charge in [-0.1, -0.05) is 46.5 Å². The lowest BCUT2D eigenvalue weighted by Crippen LogP contribution is -2.49. The SMILES string of the molecule is COCC(COC)(C1CC(C)CC(C)C1)C(C)C1CCCC1. The quantitative estimate of drug-likeness (QED) is 0.646. The van der Waals surface area contributed by atoms with E-state index in [1.54, 1.807) is 0 Å². The summed E-state index contributed by atoms with van der Waals surface area (Å²) < 4.78 is 11.6. The summed E-state index contributed by atoms with van der Waals surface area (Å²) in [7, 11) is 3.75. The van der Waals surface area contributed by atoms with E-state index in [0.29, 0.717) is 5.92 Å². The van der Waals surface area contributed by atoms with E-state index in [1.807, 2.05) is 14.2 Å². The van der Waals surface area contributed by atoms with Gasteiger partial charge in [0.25, 0.3) is 0 Å². The lowest BCUT2D eigenvalue weighted by molar-refractivity contribution is -0.0990. The van der Waals surface area contributed by atoms with Crippen LogP contribution in [0.15, 0.2) is 0 Å². The Balaban J connectivity index is 2.25. The summed E-state index contributed by atoms with van der Waals surface area (Å²) in [5, 5.41) is 0. The predicted molar refractivity (Wildman–Crippen MR) is 93.0 cm³/mol. The summed E-state index contributed by atoms with van der Waals surface area (Å²) >= 11 is 0. The summed E-state index contributed by atoms with van der Waals surface area (Å²) in [4.78, 5) is 0. The van der Waals surface area contributed by atoms with Crippen LogP contribution < -0.4 is 0 Å². The number of rotatable bonds is 7. The van der Waals surface area contributed by atoms with Crippen molar-refractivity contribution in [3.63, 3.8) is 0 Å². The van der Waals surface area contributed by atoms with E-state index in [9.17, 15) is 0 Å². The zero-order valence-corrected chi connectivity index (χ0v) is 15.6. The minimum absolute atomic E-state index is 0.210. The van der Waals surface area contributed by atoms with E-state index in [-0.39, 0.29) is 5.41 Å². The van der Waals surface area contributed by atoms with Crippen LogP contribution in [0.3, 0.4) is 0 Å². The predicted octanol–water partition coefficient (Wildman–Crippen LogP) is 5.16. The Morgan fingerprint density at radius 2 is 1.41 bits per heavy atom. The molecule has 0 aromatic rings. The normalized spacial score (nSPS) is 32.3. The van der Waals surface area contributed by atoms with E-state index in [4.69, 9.17) is 9.47 Å². The summed E-state index contributed by atoms with van der Waals surface area (Å²) in [6.07, 6.45) is 9.76. The molecule has 0 aromatic carbocycles. The molecule has 3 atom stereocenters. The van der Waals surface area contributed by atoms with E-state index in [0.717, 1.165) is 36.9 Å². The van der Waals surface area contributed by atoms with Gasteiger partial charge in [-0.15, -0.1) is 0 Å². The average Bonchev–Trinajstić information content (AvgIpc) is 2.99. The highest BCUT2D eigenvalue weighted by molar-refractivity contribution is 4.97. The van der Waals surface area contributed by atoms with Crippen LogP contribution in [-0.4, -0.2) is 27.4 Å². The van der Waals surface area contributed by atoms with Gasteiger partial charge in [0.05, 0.1) is 13.2 Å². The molecule has 2 saturated carbocycles. The van der Waals surface area contributed by atoms with Crippen LogP contribution in [0.4, 0.5) is 0 Å². The monoisotopic (exact) mass is 310 g/mol. The number of methoxy groups -OCH3 is 2. The third-order valence-corrected chi connectivity index (χ3v) is 6.83. The molecule has 2 heteroatoms. The van der Waals surface area contributed by atoms with E-state index in [1.165, 1.54) is 44.9 Å². The first kappa shape index (κ1) is 18.3. The van der Waals surface area contributed by atoms with Gasteiger partial charge in [0.2, 0.25) is 0 Å². The molecular formula is C20H38O2. The fraction of sp³-hybridized carbons (Fsp3) is 1.00. The lowest BCUT2D eigenvalue weighted by Gasteiger charge is -2.50. The first-order chi connectivity index (χ1) is 10.5. The maximum absolute atomic E-state index is 5.78. The summed E-state index contributed by atoms with van der Waals surface area (Å²) in [5.74, 6) is 4.02. The van der Waals surface area contributed by atoms with Gasteiger partial charge in [0.1, 0.15) is 0 Å². The molecule has 2 fully saturated rings. The van der Waals surface area contributed by atoms with Gasteiger partial charge in [-0.25, -0.2) is 0 Å². The van der Waals surface area contributed by atoms with E-state index in [2.05, 4.69) is 20.8 Å². The first-order valence-corrected chi connectivity index (χ1v) is 9.51. The molecule has 0 aliphatic heterocycles. The van der Waals surface area contributed by atoms with Crippen LogP contribution in [0.25, 0.3) is 0 Å². The first-order valence-electron chi connectivity index (χ1n) is 9.51. The summed E-state index contributed by atoms with van der Waals surface area (Å²) in [6, 6.07) is 0. The Hall–Kier alpha value is -0.0800. The maximum atomic E-state index is 5.78. The number of hydrogen-bond acceptors (Lipinski definition) is 2. The minimum atomic E-state index is 0.210. The van der Waals surface area contributed by atoms with Crippen molar-refractivity contribution < 1.29 is 9.47 Å². The topological polar surface area (TPSA) is 18.5 Å². The van der Waals surface area contributed by atoms with Crippen molar-refractivity contribution in [2.24, 2.45) is 35.0 Å². The molecule has 2 nitrogen and oxygen atoms in total. The van der Waals surface area contributed by atoms with Crippen LogP contribution in [0.5, 0.6) is 0 Å². The molecule has 0 heterocycles. The Labute approximate surface area is 138 Å². The second kappa shape index (κ2) is 8.15. The van der Waals surface area contributed by atoms with Crippen molar-refractivity contribution in [2.45, 2.75) is 65.7 Å². The molecule has 130 valence electrons.